The molecule has 0 fully saturated rings. The van der Waals surface area contributed by atoms with Crippen molar-refractivity contribution in [2.75, 3.05) is 14.2 Å². The lowest BCUT2D eigenvalue weighted by Crippen LogP contribution is -2.10. The fourth-order valence-electron chi connectivity index (χ4n) is 2.19. The summed E-state index contributed by atoms with van der Waals surface area (Å²) in [6.07, 6.45) is 4.08. The van der Waals surface area contributed by atoms with E-state index in [0.717, 1.165) is 36.8 Å². The number of pyridine rings is 1. The SMILES string of the molecule is COc1nc(OC)c2c(c1C#N)CCCC2. The molecular weight excluding hydrogens is 204 g/mol. The van der Waals surface area contributed by atoms with E-state index in [2.05, 4.69) is 11.1 Å². The molecule has 0 amide bonds. The van der Waals surface area contributed by atoms with Crippen LogP contribution < -0.4 is 9.47 Å². The highest BCUT2D eigenvalue weighted by Crippen LogP contribution is 2.34. The quantitative estimate of drug-likeness (QED) is 0.760. The molecule has 1 aliphatic rings. The molecule has 16 heavy (non-hydrogen) atoms. The number of rotatable bonds is 2. The van der Waals surface area contributed by atoms with Crippen molar-refractivity contribution < 1.29 is 9.47 Å². The predicted molar refractivity (Wildman–Crippen MR) is 58.7 cm³/mol. The molecule has 2 rings (SSSR count). The molecule has 0 unspecified atom stereocenters. The van der Waals surface area contributed by atoms with Crippen molar-refractivity contribution in [3.8, 4) is 17.8 Å². The third-order valence-corrected chi connectivity index (χ3v) is 2.94. The van der Waals surface area contributed by atoms with Crippen LogP contribution in [0.2, 0.25) is 0 Å². The van der Waals surface area contributed by atoms with Crippen LogP contribution in [0.4, 0.5) is 0 Å². The number of nitrogens with zero attached hydrogens (tertiary/aromatic N) is 2. The smallest absolute Gasteiger partial charge is 0.235 e. The van der Waals surface area contributed by atoms with Crippen LogP contribution in [0.15, 0.2) is 0 Å². The molecule has 0 aromatic carbocycles. The standard InChI is InChI=1S/C12H14N2O2/c1-15-11-9-6-4-3-5-8(9)10(7-13)12(14-11)16-2/h3-6H2,1-2H3. The first-order valence-corrected chi connectivity index (χ1v) is 5.35. The second kappa shape index (κ2) is 4.40. The van der Waals surface area contributed by atoms with Crippen LogP contribution in [0, 0.1) is 11.3 Å². The highest BCUT2D eigenvalue weighted by molar-refractivity contribution is 5.53. The van der Waals surface area contributed by atoms with E-state index >= 15 is 0 Å². The van der Waals surface area contributed by atoms with Gasteiger partial charge in [0.1, 0.15) is 11.6 Å². The van der Waals surface area contributed by atoms with Gasteiger partial charge >= 0.3 is 0 Å². The van der Waals surface area contributed by atoms with Gasteiger partial charge in [-0.2, -0.15) is 10.2 Å². The first kappa shape index (κ1) is 10.7. The van der Waals surface area contributed by atoms with Gasteiger partial charge in [0.05, 0.1) is 14.2 Å². The van der Waals surface area contributed by atoms with Crippen molar-refractivity contribution in [2.45, 2.75) is 25.7 Å². The van der Waals surface area contributed by atoms with Crippen LogP contribution in [0.3, 0.4) is 0 Å². The molecule has 0 atom stereocenters. The Balaban J connectivity index is 2.66. The topological polar surface area (TPSA) is 55.1 Å². The van der Waals surface area contributed by atoms with Crippen molar-refractivity contribution >= 4 is 0 Å². The zero-order chi connectivity index (χ0) is 11.5. The zero-order valence-electron chi connectivity index (χ0n) is 9.54. The van der Waals surface area contributed by atoms with Crippen molar-refractivity contribution in [3.05, 3.63) is 16.7 Å². The molecule has 1 aliphatic carbocycles. The van der Waals surface area contributed by atoms with Crippen molar-refractivity contribution in [1.82, 2.24) is 4.98 Å². The van der Waals surface area contributed by atoms with Crippen molar-refractivity contribution in [2.24, 2.45) is 0 Å². The highest BCUT2D eigenvalue weighted by atomic mass is 16.5. The van der Waals surface area contributed by atoms with E-state index in [0.29, 0.717) is 17.3 Å². The fraction of sp³-hybridized carbons (Fsp3) is 0.500. The van der Waals surface area contributed by atoms with Crippen LogP contribution in [-0.4, -0.2) is 19.2 Å². The van der Waals surface area contributed by atoms with Crippen molar-refractivity contribution in [1.29, 1.82) is 5.26 Å². The summed E-state index contributed by atoms with van der Waals surface area (Å²) < 4.78 is 10.4. The molecule has 1 heterocycles. The van der Waals surface area contributed by atoms with Gasteiger partial charge in [-0.05, 0) is 31.2 Å². The van der Waals surface area contributed by atoms with Gasteiger partial charge in [0.25, 0.3) is 0 Å². The number of hydrogen-bond acceptors (Lipinski definition) is 4. The summed E-state index contributed by atoms with van der Waals surface area (Å²) in [4.78, 5) is 4.23. The summed E-state index contributed by atoms with van der Waals surface area (Å²) in [5.41, 5.74) is 2.70. The Labute approximate surface area is 94.8 Å². The van der Waals surface area contributed by atoms with Gasteiger partial charge < -0.3 is 9.47 Å². The Hall–Kier alpha value is -1.76. The Bertz CT molecular complexity index is 449. The number of ether oxygens (including phenoxy) is 2. The maximum Gasteiger partial charge on any atom is 0.235 e. The maximum absolute atomic E-state index is 9.16. The van der Waals surface area contributed by atoms with Crippen molar-refractivity contribution in [3.63, 3.8) is 0 Å². The van der Waals surface area contributed by atoms with Gasteiger partial charge in [-0.1, -0.05) is 0 Å². The second-order valence-corrected chi connectivity index (χ2v) is 3.78. The minimum absolute atomic E-state index is 0.375. The van der Waals surface area contributed by atoms with Crippen LogP contribution in [-0.2, 0) is 12.8 Å². The summed E-state index contributed by atoms with van der Waals surface area (Å²) in [5, 5.41) is 9.16. The third kappa shape index (κ3) is 1.58. The van der Waals surface area contributed by atoms with E-state index in [9.17, 15) is 0 Å². The summed E-state index contributed by atoms with van der Waals surface area (Å²) in [7, 11) is 3.13. The molecular formula is C12H14N2O2. The second-order valence-electron chi connectivity index (χ2n) is 3.78. The van der Waals surface area contributed by atoms with E-state index in [1.54, 1.807) is 7.11 Å². The van der Waals surface area contributed by atoms with Gasteiger partial charge in [-0.25, -0.2) is 0 Å². The monoisotopic (exact) mass is 218 g/mol. The predicted octanol–water partition coefficient (Wildman–Crippen LogP) is 1.85. The first-order valence-electron chi connectivity index (χ1n) is 5.35. The Morgan fingerprint density at radius 1 is 1.06 bits per heavy atom. The summed E-state index contributed by atoms with van der Waals surface area (Å²) in [6.45, 7) is 0. The average molecular weight is 218 g/mol. The van der Waals surface area contributed by atoms with Crippen LogP contribution in [0.1, 0.15) is 29.5 Å². The van der Waals surface area contributed by atoms with E-state index in [4.69, 9.17) is 14.7 Å². The fourth-order valence-corrected chi connectivity index (χ4v) is 2.19. The Kier molecular flexibility index (Phi) is 2.95. The average Bonchev–Trinajstić information content (AvgIpc) is 2.36. The molecule has 84 valence electrons. The molecule has 0 bridgehead atoms. The van der Waals surface area contributed by atoms with Gasteiger partial charge in [0.2, 0.25) is 11.8 Å². The lowest BCUT2D eigenvalue weighted by Gasteiger charge is -2.20. The van der Waals surface area contributed by atoms with Gasteiger partial charge in [-0.15, -0.1) is 0 Å². The van der Waals surface area contributed by atoms with Gasteiger partial charge in [0, 0.05) is 5.56 Å². The number of hydrogen-bond donors (Lipinski definition) is 0. The molecule has 0 saturated carbocycles. The van der Waals surface area contributed by atoms with Crippen LogP contribution >= 0.6 is 0 Å². The number of methoxy groups -OCH3 is 2. The highest BCUT2D eigenvalue weighted by Gasteiger charge is 2.22. The maximum atomic E-state index is 9.16. The van der Waals surface area contributed by atoms with E-state index in [1.807, 2.05) is 0 Å². The van der Waals surface area contributed by atoms with Gasteiger partial charge in [-0.3, -0.25) is 0 Å². The number of aromatic nitrogens is 1. The minimum Gasteiger partial charge on any atom is -0.481 e. The lowest BCUT2D eigenvalue weighted by atomic mass is 9.90. The Morgan fingerprint density at radius 3 is 2.25 bits per heavy atom. The molecule has 0 aliphatic heterocycles. The van der Waals surface area contributed by atoms with E-state index in [1.165, 1.54) is 7.11 Å². The third-order valence-electron chi connectivity index (χ3n) is 2.94. The zero-order valence-corrected chi connectivity index (χ0v) is 9.54. The first-order chi connectivity index (χ1) is 7.81. The molecule has 0 radical (unpaired) electrons. The molecule has 4 nitrogen and oxygen atoms in total. The van der Waals surface area contributed by atoms with Gasteiger partial charge in [0.15, 0.2) is 0 Å². The molecule has 1 aromatic heterocycles. The Morgan fingerprint density at radius 2 is 1.69 bits per heavy atom. The van der Waals surface area contributed by atoms with Crippen LogP contribution in [0.25, 0.3) is 0 Å². The molecule has 0 N–H and O–H groups in total. The molecule has 1 aromatic rings. The minimum atomic E-state index is 0.375. The number of fused-ring (bicyclic) bond motifs is 1. The summed E-state index contributed by atoms with van der Waals surface area (Å²) in [6, 6.07) is 2.18. The van der Waals surface area contributed by atoms with Crippen LogP contribution in [0.5, 0.6) is 11.8 Å². The summed E-state index contributed by atoms with van der Waals surface area (Å²) in [5.74, 6) is 0.977. The summed E-state index contributed by atoms with van der Waals surface area (Å²) >= 11 is 0. The molecule has 0 saturated heterocycles. The van der Waals surface area contributed by atoms with E-state index in [-0.39, 0.29) is 0 Å². The normalized spacial score (nSPS) is 13.8. The molecule has 4 heteroatoms. The lowest BCUT2D eigenvalue weighted by molar-refractivity contribution is 0.357. The number of nitriles is 1. The van der Waals surface area contributed by atoms with E-state index < -0.39 is 0 Å². The molecule has 0 spiro atoms. The largest absolute Gasteiger partial charge is 0.481 e.